The quantitative estimate of drug-likeness (QED) is 0.566. The van der Waals surface area contributed by atoms with Gasteiger partial charge in [-0.2, -0.15) is 0 Å². The molecule has 2 nitrogen and oxygen atoms in total. The Morgan fingerprint density at radius 3 is 2.50 bits per heavy atom. The zero-order valence-corrected chi connectivity index (χ0v) is 12.0. The third-order valence-electron chi connectivity index (χ3n) is 4.13. The molecular weight excluding hydrogens is 282 g/mol. The van der Waals surface area contributed by atoms with Gasteiger partial charge in [0.25, 0.3) is 0 Å². The van der Waals surface area contributed by atoms with Crippen molar-refractivity contribution in [3.63, 3.8) is 0 Å². The fourth-order valence-electron chi connectivity index (χ4n) is 3.17. The monoisotopic (exact) mass is 298 g/mol. The maximum Gasteiger partial charge on any atom is 0.184 e. The zero-order valence-electron chi connectivity index (χ0n) is 11.2. The molecule has 0 N–H and O–H groups in total. The van der Waals surface area contributed by atoms with E-state index in [0.717, 1.165) is 31.7 Å². The Morgan fingerprint density at radius 1 is 1.15 bits per heavy atom. The van der Waals surface area contributed by atoms with Gasteiger partial charge < -0.3 is 4.57 Å². The lowest BCUT2D eigenvalue weighted by atomic mass is 10.1. The smallest absolute Gasteiger partial charge is 0.184 e. The Labute approximate surface area is 121 Å². The largest absolute Gasteiger partial charge is 0.321 e. The molecule has 0 aliphatic heterocycles. The number of aromatic nitrogens is 2. The third-order valence-corrected chi connectivity index (χ3v) is 4.36. The normalized spacial score (nSPS) is 17.6. The maximum atomic E-state index is 14.2. The van der Waals surface area contributed by atoms with Crippen LogP contribution in [0, 0.1) is 11.6 Å². The van der Waals surface area contributed by atoms with E-state index in [2.05, 4.69) is 4.98 Å². The Kier molecular flexibility index (Phi) is 3.92. The second-order valence-electron chi connectivity index (χ2n) is 5.41. The van der Waals surface area contributed by atoms with Gasteiger partial charge in [-0.05, 0) is 25.0 Å². The van der Waals surface area contributed by atoms with Gasteiger partial charge >= 0.3 is 0 Å². The van der Waals surface area contributed by atoms with Crippen LogP contribution in [0.4, 0.5) is 8.78 Å². The molecule has 1 aromatic carbocycles. The number of alkyl halides is 1. The van der Waals surface area contributed by atoms with Crippen LogP contribution in [0.2, 0.25) is 0 Å². The van der Waals surface area contributed by atoms with Crippen LogP contribution >= 0.6 is 11.6 Å². The first-order valence-corrected chi connectivity index (χ1v) is 7.66. The summed E-state index contributed by atoms with van der Waals surface area (Å²) >= 11 is 5.96. The standard InChI is InChI=1S/C15H17ClF2N2/c16-9-13-19-12-8-7-11(17)14(18)15(12)20(13)10-5-3-1-2-4-6-10/h7-8,10H,1-6,9H2. The highest BCUT2D eigenvalue weighted by atomic mass is 35.5. The summed E-state index contributed by atoms with van der Waals surface area (Å²) in [7, 11) is 0. The first kappa shape index (κ1) is 13.8. The number of fused-ring (bicyclic) bond motifs is 1. The summed E-state index contributed by atoms with van der Waals surface area (Å²) in [5.41, 5.74) is 0.761. The minimum absolute atomic E-state index is 0.174. The van der Waals surface area contributed by atoms with Gasteiger partial charge in [0, 0.05) is 6.04 Å². The number of rotatable bonds is 2. The summed E-state index contributed by atoms with van der Waals surface area (Å²) in [5.74, 6) is -0.784. The third kappa shape index (κ3) is 2.30. The number of hydrogen-bond acceptors (Lipinski definition) is 1. The first-order valence-electron chi connectivity index (χ1n) is 7.13. The Hall–Kier alpha value is -1.16. The molecule has 5 heteroatoms. The molecule has 20 heavy (non-hydrogen) atoms. The van der Waals surface area contributed by atoms with Crippen LogP contribution in [-0.2, 0) is 5.88 Å². The topological polar surface area (TPSA) is 17.8 Å². The molecule has 1 aliphatic rings. The summed E-state index contributed by atoms with van der Waals surface area (Å²) in [6.07, 6.45) is 6.59. The van der Waals surface area contributed by atoms with Crippen molar-refractivity contribution in [2.24, 2.45) is 0 Å². The van der Waals surface area contributed by atoms with E-state index in [1.54, 1.807) is 0 Å². The van der Waals surface area contributed by atoms with Crippen LogP contribution in [0.1, 0.15) is 50.4 Å². The number of benzene rings is 1. The molecule has 1 fully saturated rings. The van der Waals surface area contributed by atoms with Gasteiger partial charge in [-0.3, -0.25) is 0 Å². The van der Waals surface area contributed by atoms with Gasteiger partial charge in [0.05, 0.1) is 11.4 Å². The van der Waals surface area contributed by atoms with E-state index in [4.69, 9.17) is 11.6 Å². The second-order valence-corrected chi connectivity index (χ2v) is 5.67. The molecule has 2 aromatic rings. The lowest BCUT2D eigenvalue weighted by Gasteiger charge is -2.19. The molecule has 0 saturated heterocycles. The molecule has 1 heterocycles. The molecule has 0 bridgehead atoms. The summed E-state index contributed by atoms with van der Waals surface area (Å²) in [4.78, 5) is 4.36. The highest BCUT2D eigenvalue weighted by molar-refractivity contribution is 6.16. The van der Waals surface area contributed by atoms with Crippen molar-refractivity contribution in [1.82, 2.24) is 9.55 Å². The fraction of sp³-hybridized carbons (Fsp3) is 0.533. The molecular formula is C15H17ClF2N2. The van der Waals surface area contributed by atoms with Gasteiger partial charge in [-0.25, -0.2) is 13.8 Å². The molecule has 1 saturated carbocycles. The van der Waals surface area contributed by atoms with Gasteiger partial charge in [-0.1, -0.05) is 25.7 Å². The van der Waals surface area contributed by atoms with E-state index in [9.17, 15) is 8.78 Å². The number of hydrogen-bond donors (Lipinski definition) is 0. The van der Waals surface area contributed by atoms with E-state index < -0.39 is 11.6 Å². The molecule has 108 valence electrons. The Morgan fingerprint density at radius 2 is 1.85 bits per heavy atom. The van der Waals surface area contributed by atoms with Crippen LogP contribution < -0.4 is 0 Å². The highest BCUT2D eigenvalue weighted by Crippen LogP contribution is 2.33. The average Bonchev–Trinajstić information content (AvgIpc) is 2.63. The van der Waals surface area contributed by atoms with E-state index in [1.165, 1.54) is 18.9 Å². The molecule has 1 aromatic heterocycles. The van der Waals surface area contributed by atoms with E-state index >= 15 is 0 Å². The molecule has 0 unspecified atom stereocenters. The van der Waals surface area contributed by atoms with Crippen molar-refractivity contribution in [2.75, 3.05) is 0 Å². The lowest BCUT2D eigenvalue weighted by molar-refractivity contribution is 0.435. The number of imidazole rings is 1. The van der Waals surface area contributed by atoms with E-state index in [-0.39, 0.29) is 17.4 Å². The molecule has 0 spiro atoms. The van der Waals surface area contributed by atoms with Crippen molar-refractivity contribution < 1.29 is 8.78 Å². The fourth-order valence-corrected chi connectivity index (χ4v) is 3.36. The second kappa shape index (κ2) is 5.68. The number of halogens is 3. The Bertz CT molecular complexity index is 616. The van der Waals surface area contributed by atoms with Gasteiger partial charge in [0.2, 0.25) is 0 Å². The predicted molar refractivity (Wildman–Crippen MR) is 75.9 cm³/mol. The summed E-state index contributed by atoms with van der Waals surface area (Å²) in [5, 5.41) is 0. The van der Waals surface area contributed by atoms with Crippen LogP contribution in [0.25, 0.3) is 11.0 Å². The van der Waals surface area contributed by atoms with Crippen molar-refractivity contribution in [3.05, 3.63) is 29.6 Å². The minimum atomic E-state index is -0.826. The zero-order chi connectivity index (χ0) is 14.1. The molecule has 3 rings (SSSR count). The molecule has 1 aliphatic carbocycles. The van der Waals surface area contributed by atoms with Gasteiger partial charge in [-0.15, -0.1) is 11.6 Å². The minimum Gasteiger partial charge on any atom is -0.321 e. The van der Waals surface area contributed by atoms with Crippen LogP contribution in [0.15, 0.2) is 12.1 Å². The molecule has 0 atom stereocenters. The summed E-state index contributed by atoms with van der Waals surface area (Å²) in [6, 6.07) is 2.82. The van der Waals surface area contributed by atoms with Crippen molar-refractivity contribution in [1.29, 1.82) is 0 Å². The van der Waals surface area contributed by atoms with Gasteiger partial charge in [0.15, 0.2) is 11.6 Å². The van der Waals surface area contributed by atoms with Crippen molar-refractivity contribution in [2.45, 2.75) is 50.4 Å². The average molecular weight is 299 g/mol. The van der Waals surface area contributed by atoms with Crippen LogP contribution in [0.5, 0.6) is 0 Å². The van der Waals surface area contributed by atoms with E-state index in [1.807, 2.05) is 4.57 Å². The molecule has 0 radical (unpaired) electrons. The lowest BCUT2D eigenvalue weighted by Crippen LogP contribution is -2.12. The highest BCUT2D eigenvalue weighted by Gasteiger charge is 2.23. The van der Waals surface area contributed by atoms with Crippen molar-refractivity contribution in [3.8, 4) is 0 Å². The first-order chi connectivity index (χ1) is 9.72. The van der Waals surface area contributed by atoms with Gasteiger partial charge in [0.1, 0.15) is 11.3 Å². The van der Waals surface area contributed by atoms with Crippen LogP contribution in [0.3, 0.4) is 0 Å². The summed E-state index contributed by atoms with van der Waals surface area (Å²) < 4.78 is 29.6. The Balaban J connectivity index is 2.18. The SMILES string of the molecule is Fc1ccc2nc(CCl)n(C3CCCCCC3)c2c1F. The van der Waals surface area contributed by atoms with E-state index in [0.29, 0.717) is 11.3 Å². The van der Waals surface area contributed by atoms with Crippen LogP contribution in [-0.4, -0.2) is 9.55 Å². The number of nitrogens with zero attached hydrogens (tertiary/aromatic N) is 2. The summed E-state index contributed by atoms with van der Waals surface area (Å²) in [6.45, 7) is 0. The maximum absolute atomic E-state index is 14.2. The molecule has 0 amide bonds. The van der Waals surface area contributed by atoms with Crippen molar-refractivity contribution >= 4 is 22.6 Å². The predicted octanol–water partition coefficient (Wildman–Crippen LogP) is 4.95.